The van der Waals surface area contributed by atoms with Gasteiger partial charge in [-0.15, -0.1) is 0 Å². The van der Waals surface area contributed by atoms with E-state index in [1.807, 2.05) is 0 Å². The summed E-state index contributed by atoms with van der Waals surface area (Å²) in [5.74, 6) is -0.342. The van der Waals surface area contributed by atoms with Gasteiger partial charge >= 0.3 is 6.61 Å². The van der Waals surface area contributed by atoms with E-state index < -0.39 is 12.5 Å². The van der Waals surface area contributed by atoms with Crippen LogP contribution >= 0.6 is 11.8 Å². The van der Waals surface area contributed by atoms with Gasteiger partial charge in [-0.1, -0.05) is 6.07 Å². The van der Waals surface area contributed by atoms with Gasteiger partial charge in [0.15, 0.2) is 11.5 Å². The van der Waals surface area contributed by atoms with Crippen molar-refractivity contribution in [2.24, 2.45) is 0 Å². The highest BCUT2D eigenvalue weighted by molar-refractivity contribution is 8.18. The lowest BCUT2D eigenvalue weighted by Gasteiger charge is -2.11. The lowest BCUT2D eigenvalue weighted by atomic mass is 10.2. The van der Waals surface area contributed by atoms with Crippen LogP contribution in [0.4, 0.5) is 13.6 Å². The summed E-state index contributed by atoms with van der Waals surface area (Å²) < 4.78 is 34.3. The van der Waals surface area contributed by atoms with Crippen LogP contribution in [0.5, 0.6) is 11.5 Å². The number of rotatable bonds is 5. The van der Waals surface area contributed by atoms with Crippen LogP contribution in [0.15, 0.2) is 23.1 Å². The summed E-state index contributed by atoms with van der Waals surface area (Å²) in [5, 5.41) is -0.362. The van der Waals surface area contributed by atoms with E-state index in [4.69, 9.17) is 4.74 Å². The second-order valence-corrected chi connectivity index (χ2v) is 5.25. The average Bonchev–Trinajstić information content (AvgIpc) is 2.69. The van der Waals surface area contributed by atoms with E-state index in [-0.39, 0.29) is 28.3 Å². The van der Waals surface area contributed by atoms with Crippen molar-refractivity contribution < 1.29 is 27.8 Å². The molecule has 1 aliphatic rings. The van der Waals surface area contributed by atoms with Crippen molar-refractivity contribution in [3.8, 4) is 11.5 Å². The van der Waals surface area contributed by atoms with Gasteiger partial charge in [0.05, 0.1) is 11.5 Å². The Morgan fingerprint density at radius 3 is 2.59 bits per heavy atom. The van der Waals surface area contributed by atoms with E-state index in [1.54, 1.807) is 6.92 Å². The van der Waals surface area contributed by atoms with Crippen molar-refractivity contribution >= 4 is 29.0 Å². The Bertz CT molecular complexity index is 633. The van der Waals surface area contributed by atoms with E-state index in [9.17, 15) is 18.4 Å². The minimum atomic E-state index is -2.96. The van der Waals surface area contributed by atoms with E-state index in [0.717, 1.165) is 16.7 Å². The fourth-order valence-electron chi connectivity index (χ4n) is 1.77. The van der Waals surface area contributed by atoms with Crippen molar-refractivity contribution in [3.63, 3.8) is 0 Å². The largest absolute Gasteiger partial charge is 0.490 e. The maximum Gasteiger partial charge on any atom is 0.387 e. The molecule has 2 amide bonds. The monoisotopic (exact) mass is 329 g/mol. The molecule has 22 heavy (non-hydrogen) atoms. The zero-order valence-corrected chi connectivity index (χ0v) is 12.7. The number of alkyl halides is 2. The number of imide groups is 1. The average molecular weight is 329 g/mol. The maximum absolute atomic E-state index is 12.3. The van der Waals surface area contributed by atoms with Gasteiger partial charge in [-0.25, -0.2) is 0 Å². The van der Waals surface area contributed by atoms with Gasteiger partial charge in [-0.2, -0.15) is 8.78 Å². The molecule has 8 heteroatoms. The van der Waals surface area contributed by atoms with Gasteiger partial charge in [-0.3, -0.25) is 14.5 Å². The topological polar surface area (TPSA) is 55.8 Å². The predicted octanol–water partition coefficient (Wildman–Crippen LogP) is 3.35. The number of benzene rings is 1. The van der Waals surface area contributed by atoms with Crippen LogP contribution in [-0.2, 0) is 4.79 Å². The Morgan fingerprint density at radius 1 is 1.32 bits per heavy atom. The van der Waals surface area contributed by atoms with E-state index in [2.05, 4.69) is 4.74 Å². The molecule has 0 spiro atoms. The minimum Gasteiger partial charge on any atom is -0.490 e. The molecule has 0 N–H and O–H groups in total. The third kappa shape index (κ3) is 3.56. The Balaban J connectivity index is 2.31. The SMILES string of the molecule is CCOc1cc(/C=C2\SC(=O)N(C)C2=O)ccc1OC(F)F. The first kappa shape index (κ1) is 16.3. The Morgan fingerprint density at radius 2 is 2.05 bits per heavy atom. The highest BCUT2D eigenvalue weighted by Gasteiger charge is 2.31. The highest BCUT2D eigenvalue weighted by Crippen LogP contribution is 2.34. The molecule has 1 aliphatic heterocycles. The molecule has 1 heterocycles. The number of carbonyl (C=O) groups is 2. The summed E-state index contributed by atoms with van der Waals surface area (Å²) in [4.78, 5) is 24.5. The zero-order valence-electron chi connectivity index (χ0n) is 11.8. The molecule has 1 aromatic carbocycles. The summed E-state index contributed by atoms with van der Waals surface area (Å²) in [6.45, 7) is -0.975. The van der Waals surface area contributed by atoms with Crippen LogP contribution in [-0.4, -0.2) is 36.3 Å². The van der Waals surface area contributed by atoms with Crippen molar-refractivity contribution in [2.75, 3.05) is 13.7 Å². The number of nitrogens with zero attached hydrogens (tertiary/aromatic N) is 1. The lowest BCUT2D eigenvalue weighted by molar-refractivity contribution is -0.121. The first-order valence-corrected chi connectivity index (χ1v) is 7.17. The van der Waals surface area contributed by atoms with Crippen LogP contribution in [0.1, 0.15) is 12.5 Å². The van der Waals surface area contributed by atoms with Gasteiger partial charge in [0.2, 0.25) is 0 Å². The number of hydrogen-bond acceptors (Lipinski definition) is 5. The second-order valence-electron chi connectivity index (χ2n) is 4.26. The van der Waals surface area contributed by atoms with Gasteiger partial charge in [-0.05, 0) is 42.5 Å². The number of thioether (sulfide) groups is 1. The number of amides is 2. The number of ether oxygens (including phenoxy) is 2. The summed E-state index contributed by atoms with van der Waals surface area (Å²) in [5.41, 5.74) is 0.545. The molecule has 2 rings (SSSR count). The molecule has 0 unspecified atom stereocenters. The predicted molar refractivity (Wildman–Crippen MR) is 78.0 cm³/mol. The molecular formula is C14H13F2NO4S. The lowest BCUT2D eigenvalue weighted by Crippen LogP contribution is -2.22. The standard InChI is InChI=1S/C14H13F2NO4S/c1-3-20-10-6-8(4-5-9(10)21-13(15)16)7-11-12(18)17(2)14(19)22-11/h4-7,13H,3H2,1-2H3/b11-7-. The quantitative estimate of drug-likeness (QED) is 0.776. The molecule has 118 valence electrons. The number of carbonyl (C=O) groups excluding carboxylic acids is 2. The molecule has 1 saturated heterocycles. The molecule has 0 bridgehead atoms. The number of hydrogen-bond donors (Lipinski definition) is 0. The van der Waals surface area contributed by atoms with Gasteiger partial charge < -0.3 is 9.47 Å². The Kier molecular flexibility index (Phi) is 5.02. The van der Waals surface area contributed by atoms with Gasteiger partial charge in [0, 0.05) is 7.05 Å². The van der Waals surface area contributed by atoms with Crippen LogP contribution in [0, 0.1) is 0 Å². The smallest absolute Gasteiger partial charge is 0.387 e. The van der Waals surface area contributed by atoms with E-state index in [1.165, 1.54) is 31.3 Å². The van der Waals surface area contributed by atoms with Crippen LogP contribution in [0.2, 0.25) is 0 Å². The Labute approximate surface area is 129 Å². The number of halogens is 2. The molecule has 1 aromatic rings. The van der Waals surface area contributed by atoms with Gasteiger partial charge in [0.1, 0.15) is 0 Å². The van der Waals surface area contributed by atoms with Gasteiger partial charge in [0.25, 0.3) is 11.1 Å². The van der Waals surface area contributed by atoms with Crippen LogP contribution < -0.4 is 9.47 Å². The summed E-state index contributed by atoms with van der Waals surface area (Å²) >= 11 is 0.817. The van der Waals surface area contributed by atoms with Crippen molar-refractivity contribution in [2.45, 2.75) is 13.5 Å². The third-order valence-electron chi connectivity index (χ3n) is 2.77. The zero-order chi connectivity index (χ0) is 16.3. The van der Waals surface area contributed by atoms with Crippen LogP contribution in [0.25, 0.3) is 6.08 Å². The molecular weight excluding hydrogens is 316 g/mol. The highest BCUT2D eigenvalue weighted by atomic mass is 32.2. The fraction of sp³-hybridized carbons (Fsp3) is 0.286. The molecule has 0 aromatic heterocycles. The molecule has 0 aliphatic carbocycles. The summed E-state index contributed by atoms with van der Waals surface area (Å²) in [6.07, 6.45) is 1.50. The molecule has 0 radical (unpaired) electrons. The van der Waals surface area contributed by atoms with Crippen LogP contribution in [0.3, 0.4) is 0 Å². The third-order valence-corrected chi connectivity index (χ3v) is 3.73. The maximum atomic E-state index is 12.3. The van der Waals surface area contributed by atoms with Crippen molar-refractivity contribution in [3.05, 3.63) is 28.7 Å². The summed E-state index contributed by atoms with van der Waals surface area (Å²) in [7, 11) is 1.39. The second kappa shape index (κ2) is 6.78. The number of likely N-dealkylation sites (N-methyl/N-ethyl adjacent to an activating group) is 1. The minimum absolute atomic E-state index is 0.0856. The molecule has 0 atom stereocenters. The first-order valence-electron chi connectivity index (χ1n) is 6.35. The Hall–Kier alpha value is -2.09. The van der Waals surface area contributed by atoms with Crippen molar-refractivity contribution in [1.29, 1.82) is 0 Å². The van der Waals surface area contributed by atoms with E-state index in [0.29, 0.717) is 5.56 Å². The molecule has 5 nitrogen and oxygen atoms in total. The molecule has 1 fully saturated rings. The van der Waals surface area contributed by atoms with Crippen molar-refractivity contribution in [1.82, 2.24) is 4.90 Å². The molecule has 0 saturated carbocycles. The summed E-state index contributed by atoms with van der Waals surface area (Å²) in [6, 6.07) is 4.31. The first-order chi connectivity index (χ1) is 10.4. The van der Waals surface area contributed by atoms with E-state index >= 15 is 0 Å². The normalized spacial score (nSPS) is 16.8. The fourth-order valence-corrected chi connectivity index (χ4v) is 2.60.